The molecule has 0 aliphatic rings. The molecule has 2 atom stereocenters. The van der Waals surface area contributed by atoms with Crippen LogP contribution in [-0.2, 0) is 27.2 Å². The summed E-state index contributed by atoms with van der Waals surface area (Å²) in [6, 6.07) is 11.8. The van der Waals surface area contributed by atoms with E-state index in [0.29, 0.717) is 16.5 Å². The molecule has 0 aromatic heterocycles. The van der Waals surface area contributed by atoms with E-state index in [1.807, 2.05) is 0 Å². The van der Waals surface area contributed by atoms with Gasteiger partial charge in [0.25, 0.3) is 0 Å². The highest BCUT2D eigenvalue weighted by molar-refractivity contribution is 6.30. The Hall–Kier alpha value is -2.81. The van der Waals surface area contributed by atoms with Gasteiger partial charge in [0.2, 0.25) is 0 Å². The van der Waals surface area contributed by atoms with E-state index in [2.05, 4.69) is 5.32 Å². The summed E-state index contributed by atoms with van der Waals surface area (Å²) in [5.41, 5.74) is 6.32. The van der Waals surface area contributed by atoms with Crippen LogP contribution >= 0.6 is 23.2 Å². The minimum atomic E-state index is -1.12. The van der Waals surface area contributed by atoms with Crippen LogP contribution in [0.2, 0.25) is 10.0 Å². The number of nitrogens with one attached hydrogen (secondary N) is 1. The van der Waals surface area contributed by atoms with Gasteiger partial charge in [0.1, 0.15) is 17.7 Å². The van der Waals surface area contributed by atoms with Crippen molar-refractivity contribution >= 4 is 41.2 Å². The van der Waals surface area contributed by atoms with Gasteiger partial charge in [0.05, 0.1) is 0 Å². The van der Waals surface area contributed by atoms with Gasteiger partial charge in [-0.05, 0) is 62.6 Å². The lowest BCUT2D eigenvalue weighted by Gasteiger charge is -2.22. The molecule has 0 bridgehead atoms. The monoisotopic (exact) mass is 498 g/mol. The average Bonchev–Trinajstić information content (AvgIpc) is 2.69. The third kappa shape index (κ3) is 12.1. The zero-order valence-corrected chi connectivity index (χ0v) is 20.1. The molecule has 0 heterocycles. The molecule has 2 rings (SSSR count). The molecule has 8 nitrogen and oxygen atoms in total. The number of nitrogens with two attached hydrogens (primary N) is 1. The van der Waals surface area contributed by atoms with Gasteiger partial charge >= 0.3 is 18.0 Å². The van der Waals surface area contributed by atoms with Crippen LogP contribution in [0.4, 0.5) is 4.79 Å². The van der Waals surface area contributed by atoms with Crippen molar-refractivity contribution in [2.24, 2.45) is 5.73 Å². The van der Waals surface area contributed by atoms with Gasteiger partial charge in [-0.15, -0.1) is 0 Å². The van der Waals surface area contributed by atoms with E-state index >= 15 is 0 Å². The van der Waals surface area contributed by atoms with Gasteiger partial charge < -0.3 is 26.0 Å². The Labute approximate surface area is 202 Å². The van der Waals surface area contributed by atoms with Crippen LogP contribution in [0, 0.1) is 0 Å². The van der Waals surface area contributed by atoms with E-state index in [0.717, 1.165) is 11.1 Å². The van der Waals surface area contributed by atoms with E-state index in [4.69, 9.17) is 43.9 Å². The first kappa shape index (κ1) is 28.2. The number of carbonyl (C=O) groups excluding carboxylic acids is 1. The number of halogens is 2. The van der Waals surface area contributed by atoms with Crippen LogP contribution in [0.15, 0.2) is 48.5 Å². The fourth-order valence-electron chi connectivity index (χ4n) is 2.47. The predicted octanol–water partition coefficient (Wildman–Crippen LogP) is 4.15. The third-order valence-electron chi connectivity index (χ3n) is 4.03. The summed E-state index contributed by atoms with van der Waals surface area (Å²) in [6.07, 6.45) is -0.267. The highest BCUT2D eigenvalue weighted by Gasteiger charge is 2.24. The van der Waals surface area contributed by atoms with Crippen LogP contribution in [0.25, 0.3) is 0 Å². The van der Waals surface area contributed by atoms with Gasteiger partial charge in [-0.1, -0.05) is 47.5 Å². The quantitative estimate of drug-likeness (QED) is 0.449. The fraction of sp³-hybridized carbons (Fsp3) is 0.348. The molecule has 0 fully saturated rings. The van der Waals surface area contributed by atoms with Crippen LogP contribution in [0.5, 0.6) is 0 Å². The molecule has 5 N–H and O–H groups in total. The lowest BCUT2D eigenvalue weighted by molar-refractivity contribution is -0.140. The van der Waals surface area contributed by atoms with Crippen molar-refractivity contribution in [3.63, 3.8) is 0 Å². The van der Waals surface area contributed by atoms with Crippen molar-refractivity contribution in [3.05, 3.63) is 69.7 Å². The standard InChI is InChI=1S/C14H18ClNO4.C9H10ClNO2/c1-14(2,3)20-13(19)16-11(12(17)18)8-9-4-6-10(15)7-5-9;10-7-3-1-6(2-4-7)5-8(11)9(12)13/h4-7,11H,8H2,1-3H3,(H,16,19)(H,17,18);1-4,8H,5,11H2,(H,12,13)/t11-;/m0./s1. The first-order valence-corrected chi connectivity index (χ1v) is 10.7. The second kappa shape index (κ2) is 13.0. The predicted molar refractivity (Wildman–Crippen MR) is 127 cm³/mol. The Morgan fingerprint density at radius 1 is 0.879 bits per heavy atom. The number of alkyl carbamates (subject to hydrolysis) is 1. The summed E-state index contributed by atoms with van der Waals surface area (Å²) in [4.78, 5) is 33.2. The summed E-state index contributed by atoms with van der Waals surface area (Å²) in [5, 5.41) is 21.2. The number of hydrogen-bond donors (Lipinski definition) is 4. The number of carbonyl (C=O) groups is 3. The normalized spacial score (nSPS) is 12.5. The maximum absolute atomic E-state index is 11.6. The summed E-state index contributed by atoms with van der Waals surface area (Å²) < 4.78 is 5.04. The molecular formula is C23H28Cl2N2O6. The van der Waals surface area contributed by atoms with Gasteiger partial charge in [0, 0.05) is 16.5 Å². The number of benzene rings is 2. The van der Waals surface area contributed by atoms with Crippen molar-refractivity contribution in [2.45, 2.75) is 51.3 Å². The van der Waals surface area contributed by atoms with Crippen LogP contribution in [0.3, 0.4) is 0 Å². The molecule has 180 valence electrons. The first-order chi connectivity index (χ1) is 15.3. The number of carboxylic acid groups (broad SMARTS) is 2. The molecule has 0 aliphatic carbocycles. The number of aliphatic carboxylic acids is 2. The van der Waals surface area contributed by atoms with Gasteiger partial charge in [0.15, 0.2) is 0 Å². The van der Waals surface area contributed by atoms with Crippen molar-refractivity contribution < 1.29 is 29.3 Å². The lowest BCUT2D eigenvalue weighted by atomic mass is 10.1. The van der Waals surface area contributed by atoms with E-state index < -0.39 is 35.7 Å². The number of carboxylic acids is 2. The van der Waals surface area contributed by atoms with Crippen molar-refractivity contribution in [3.8, 4) is 0 Å². The molecule has 0 saturated heterocycles. The maximum atomic E-state index is 11.6. The van der Waals surface area contributed by atoms with Crippen LogP contribution in [0.1, 0.15) is 31.9 Å². The highest BCUT2D eigenvalue weighted by atomic mass is 35.5. The fourth-order valence-corrected chi connectivity index (χ4v) is 2.72. The Morgan fingerprint density at radius 2 is 1.30 bits per heavy atom. The van der Waals surface area contributed by atoms with Gasteiger partial charge in [-0.25, -0.2) is 9.59 Å². The molecule has 2 aromatic rings. The molecule has 0 spiro atoms. The Morgan fingerprint density at radius 3 is 1.67 bits per heavy atom. The highest BCUT2D eigenvalue weighted by Crippen LogP contribution is 2.13. The second-order valence-corrected chi connectivity index (χ2v) is 9.02. The number of ether oxygens (including phenoxy) is 1. The Bertz CT molecular complexity index is 927. The van der Waals surface area contributed by atoms with E-state index in [-0.39, 0.29) is 6.42 Å². The molecule has 10 heteroatoms. The zero-order chi connectivity index (χ0) is 25.2. The van der Waals surface area contributed by atoms with Crippen molar-refractivity contribution in [1.82, 2.24) is 5.32 Å². The van der Waals surface area contributed by atoms with Crippen molar-refractivity contribution in [1.29, 1.82) is 0 Å². The number of hydrogen-bond acceptors (Lipinski definition) is 5. The topological polar surface area (TPSA) is 139 Å². The largest absolute Gasteiger partial charge is 0.480 e. The molecule has 2 aromatic carbocycles. The summed E-state index contributed by atoms with van der Waals surface area (Å²) in [5.74, 6) is -2.11. The zero-order valence-electron chi connectivity index (χ0n) is 18.5. The van der Waals surface area contributed by atoms with Crippen LogP contribution in [-0.4, -0.2) is 45.9 Å². The first-order valence-electron chi connectivity index (χ1n) is 9.96. The molecule has 0 radical (unpaired) electrons. The number of rotatable bonds is 7. The smallest absolute Gasteiger partial charge is 0.408 e. The van der Waals surface area contributed by atoms with Crippen LogP contribution < -0.4 is 11.1 Å². The number of amides is 1. The van der Waals surface area contributed by atoms with Gasteiger partial charge in [-0.3, -0.25) is 4.79 Å². The second-order valence-electron chi connectivity index (χ2n) is 8.14. The average molecular weight is 499 g/mol. The minimum Gasteiger partial charge on any atom is -0.480 e. The summed E-state index contributed by atoms with van der Waals surface area (Å²) >= 11 is 11.4. The molecule has 33 heavy (non-hydrogen) atoms. The van der Waals surface area contributed by atoms with Gasteiger partial charge in [-0.2, -0.15) is 0 Å². The molecule has 0 saturated carbocycles. The third-order valence-corrected chi connectivity index (χ3v) is 4.53. The SMILES string of the molecule is CC(C)(C)OC(=O)N[C@@H](Cc1ccc(Cl)cc1)C(=O)O.NC(Cc1ccc(Cl)cc1)C(=O)O. The lowest BCUT2D eigenvalue weighted by Crippen LogP contribution is -2.44. The van der Waals surface area contributed by atoms with E-state index in [9.17, 15) is 14.4 Å². The molecule has 1 amide bonds. The molecule has 0 aliphatic heterocycles. The minimum absolute atomic E-state index is 0.158. The molecular weight excluding hydrogens is 471 g/mol. The van der Waals surface area contributed by atoms with E-state index in [1.165, 1.54) is 0 Å². The Balaban J connectivity index is 0.000000361. The van der Waals surface area contributed by atoms with E-state index in [1.54, 1.807) is 69.3 Å². The molecule has 1 unspecified atom stereocenters. The summed E-state index contributed by atoms with van der Waals surface area (Å²) in [7, 11) is 0. The Kier molecular flexibility index (Phi) is 11.1. The van der Waals surface area contributed by atoms with Crippen molar-refractivity contribution in [2.75, 3.05) is 0 Å². The maximum Gasteiger partial charge on any atom is 0.408 e. The summed E-state index contributed by atoms with van der Waals surface area (Å²) in [6.45, 7) is 5.13.